The highest BCUT2D eigenvalue weighted by Crippen LogP contribution is 2.27. The third-order valence-electron chi connectivity index (χ3n) is 2.80. The number of rotatable bonds is 6. The molecule has 0 radical (unpaired) electrons. The number of hydrogen-bond acceptors (Lipinski definition) is 4. The van der Waals surface area contributed by atoms with E-state index in [1.165, 1.54) is 18.7 Å². The lowest BCUT2D eigenvalue weighted by Crippen LogP contribution is -2.32. The molecular formula is C14H22ClN3O2S. The Kier molecular flexibility index (Phi) is 9.08. The number of thioether (sulfide) groups is 1. The van der Waals surface area contributed by atoms with E-state index >= 15 is 0 Å². The van der Waals surface area contributed by atoms with Gasteiger partial charge in [0.1, 0.15) is 0 Å². The number of likely N-dealkylation sites (N-methyl/N-ethyl adjacent to an activating group) is 2. The SMILES string of the molecule is CNCCN(C)C(=O)c1ccc(NC(C)=O)c(SC)c1.Cl. The lowest BCUT2D eigenvalue weighted by molar-refractivity contribution is -0.114. The maximum Gasteiger partial charge on any atom is 0.253 e. The van der Waals surface area contributed by atoms with Crippen molar-refractivity contribution < 1.29 is 9.59 Å². The quantitative estimate of drug-likeness (QED) is 0.783. The molecule has 0 saturated carbocycles. The van der Waals surface area contributed by atoms with E-state index in [1.807, 2.05) is 19.4 Å². The van der Waals surface area contributed by atoms with Crippen molar-refractivity contribution in [1.29, 1.82) is 0 Å². The molecule has 0 fully saturated rings. The number of anilines is 1. The van der Waals surface area contributed by atoms with E-state index in [-0.39, 0.29) is 24.2 Å². The summed E-state index contributed by atoms with van der Waals surface area (Å²) in [5.41, 5.74) is 1.36. The fourth-order valence-electron chi connectivity index (χ4n) is 1.72. The van der Waals surface area contributed by atoms with Crippen molar-refractivity contribution in [3.63, 3.8) is 0 Å². The Bertz CT molecular complexity index is 497. The lowest BCUT2D eigenvalue weighted by atomic mass is 10.2. The summed E-state index contributed by atoms with van der Waals surface area (Å²) in [4.78, 5) is 25.9. The largest absolute Gasteiger partial charge is 0.340 e. The van der Waals surface area contributed by atoms with E-state index in [4.69, 9.17) is 0 Å². The number of nitrogens with zero attached hydrogens (tertiary/aromatic N) is 1. The smallest absolute Gasteiger partial charge is 0.253 e. The topological polar surface area (TPSA) is 61.4 Å². The Hall–Kier alpha value is -1.24. The molecule has 7 heteroatoms. The van der Waals surface area contributed by atoms with Crippen LogP contribution in [0.4, 0.5) is 5.69 Å². The van der Waals surface area contributed by atoms with Crippen LogP contribution in [0.2, 0.25) is 0 Å². The molecule has 1 aromatic carbocycles. The van der Waals surface area contributed by atoms with E-state index in [9.17, 15) is 9.59 Å². The Morgan fingerprint density at radius 3 is 2.52 bits per heavy atom. The van der Waals surface area contributed by atoms with Crippen LogP contribution >= 0.6 is 24.2 Å². The summed E-state index contributed by atoms with van der Waals surface area (Å²) in [5.74, 6) is -0.143. The molecule has 2 N–H and O–H groups in total. The van der Waals surface area contributed by atoms with Gasteiger partial charge in [0.15, 0.2) is 0 Å². The third kappa shape index (κ3) is 5.95. The molecule has 118 valence electrons. The Morgan fingerprint density at radius 2 is 2.00 bits per heavy atom. The second kappa shape index (κ2) is 9.65. The van der Waals surface area contributed by atoms with Gasteiger partial charge in [-0.15, -0.1) is 24.2 Å². The van der Waals surface area contributed by atoms with Crippen molar-refractivity contribution >= 4 is 41.7 Å². The highest BCUT2D eigenvalue weighted by Gasteiger charge is 2.13. The number of hydrogen-bond donors (Lipinski definition) is 2. The van der Waals surface area contributed by atoms with Crippen LogP contribution in [0, 0.1) is 0 Å². The van der Waals surface area contributed by atoms with Gasteiger partial charge < -0.3 is 15.5 Å². The molecule has 0 saturated heterocycles. The first-order valence-corrected chi connectivity index (χ1v) is 7.57. The molecule has 0 aliphatic rings. The summed E-state index contributed by atoms with van der Waals surface area (Å²) in [6.45, 7) is 2.87. The minimum absolute atomic E-state index is 0. The molecular weight excluding hydrogens is 310 g/mol. The number of carbonyl (C=O) groups excluding carboxylic acids is 2. The average Bonchev–Trinajstić information content (AvgIpc) is 2.43. The van der Waals surface area contributed by atoms with Crippen molar-refractivity contribution in [3.8, 4) is 0 Å². The second-order valence-electron chi connectivity index (χ2n) is 4.43. The number of halogens is 1. The molecule has 0 aromatic heterocycles. The predicted octanol–water partition coefficient (Wildman–Crippen LogP) is 2.08. The molecule has 21 heavy (non-hydrogen) atoms. The molecule has 1 aromatic rings. The van der Waals surface area contributed by atoms with Gasteiger partial charge >= 0.3 is 0 Å². The number of carbonyl (C=O) groups is 2. The fourth-order valence-corrected chi connectivity index (χ4v) is 2.30. The van der Waals surface area contributed by atoms with E-state index in [0.717, 1.165) is 17.1 Å². The lowest BCUT2D eigenvalue weighted by Gasteiger charge is -2.18. The van der Waals surface area contributed by atoms with Crippen LogP contribution in [0.1, 0.15) is 17.3 Å². The minimum atomic E-state index is -0.120. The summed E-state index contributed by atoms with van der Waals surface area (Å²) in [7, 11) is 3.63. The number of nitrogens with one attached hydrogen (secondary N) is 2. The van der Waals surface area contributed by atoms with Gasteiger partial charge in [0.05, 0.1) is 5.69 Å². The molecule has 0 aliphatic carbocycles. The first-order valence-electron chi connectivity index (χ1n) is 6.35. The van der Waals surface area contributed by atoms with E-state index in [1.54, 1.807) is 24.1 Å². The zero-order chi connectivity index (χ0) is 15.1. The number of amides is 2. The fraction of sp³-hybridized carbons (Fsp3) is 0.429. The van der Waals surface area contributed by atoms with Crippen LogP contribution in [0.15, 0.2) is 23.1 Å². The molecule has 2 amide bonds. The van der Waals surface area contributed by atoms with Gasteiger partial charge in [0.25, 0.3) is 5.91 Å². The van der Waals surface area contributed by atoms with Crippen LogP contribution in [0.5, 0.6) is 0 Å². The van der Waals surface area contributed by atoms with Crippen molar-refractivity contribution in [2.24, 2.45) is 0 Å². The van der Waals surface area contributed by atoms with Crippen molar-refractivity contribution in [1.82, 2.24) is 10.2 Å². The molecule has 0 spiro atoms. The normalized spacial score (nSPS) is 9.71. The van der Waals surface area contributed by atoms with Crippen LogP contribution in [0.25, 0.3) is 0 Å². The van der Waals surface area contributed by atoms with Gasteiger partial charge in [-0.25, -0.2) is 0 Å². The highest BCUT2D eigenvalue weighted by molar-refractivity contribution is 7.98. The molecule has 0 atom stereocenters. The molecule has 0 heterocycles. The number of benzene rings is 1. The summed E-state index contributed by atoms with van der Waals surface area (Å²) >= 11 is 1.50. The van der Waals surface area contributed by atoms with Crippen molar-refractivity contribution in [2.45, 2.75) is 11.8 Å². The van der Waals surface area contributed by atoms with Crippen LogP contribution in [-0.4, -0.2) is 50.2 Å². The van der Waals surface area contributed by atoms with E-state index in [2.05, 4.69) is 10.6 Å². The zero-order valence-electron chi connectivity index (χ0n) is 12.7. The second-order valence-corrected chi connectivity index (χ2v) is 5.27. The molecule has 0 bridgehead atoms. The standard InChI is InChI=1S/C14H21N3O2S.ClH/c1-10(18)16-12-6-5-11(9-13(12)20-4)14(19)17(3)8-7-15-2;/h5-6,9,15H,7-8H2,1-4H3,(H,16,18);1H. The molecule has 1 rings (SSSR count). The minimum Gasteiger partial charge on any atom is -0.340 e. The third-order valence-corrected chi connectivity index (χ3v) is 3.58. The van der Waals surface area contributed by atoms with Crippen LogP contribution in [0.3, 0.4) is 0 Å². The predicted molar refractivity (Wildman–Crippen MR) is 90.7 cm³/mol. The average molecular weight is 332 g/mol. The van der Waals surface area contributed by atoms with E-state index < -0.39 is 0 Å². The summed E-state index contributed by atoms with van der Waals surface area (Å²) in [6, 6.07) is 5.32. The molecule has 0 aliphatic heterocycles. The Morgan fingerprint density at radius 1 is 1.33 bits per heavy atom. The van der Waals surface area contributed by atoms with Crippen LogP contribution in [-0.2, 0) is 4.79 Å². The highest BCUT2D eigenvalue weighted by atomic mass is 35.5. The maximum absolute atomic E-state index is 12.3. The zero-order valence-corrected chi connectivity index (χ0v) is 14.4. The summed E-state index contributed by atoms with van der Waals surface area (Å²) < 4.78 is 0. The summed E-state index contributed by atoms with van der Waals surface area (Å²) in [6.07, 6.45) is 1.92. The first kappa shape index (κ1) is 19.8. The van der Waals surface area contributed by atoms with Gasteiger partial charge in [-0.3, -0.25) is 9.59 Å². The van der Waals surface area contributed by atoms with Gasteiger partial charge in [-0.05, 0) is 31.5 Å². The van der Waals surface area contributed by atoms with E-state index in [0.29, 0.717) is 12.1 Å². The first-order chi connectivity index (χ1) is 9.49. The van der Waals surface area contributed by atoms with Gasteiger partial charge in [0.2, 0.25) is 5.91 Å². The van der Waals surface area contributed by atoms with Crippen molar-refractivity contribution in [2.75, 3.05) is 38.8 Å². The molecule has 0 unspecified atom stereocenters. The molecule has 5 nitrogen and oxygen atoms in total. The Labute approximate surface area is 136 Å². The van der Waals surface area contributed by atoms with Gasteiger partial charge in [-0.2, -0.15) is 0 Å². The van der Waals surface area contributed by atoms with Crippen LogP contribution < -0.4 is 10.6 Å². The summed E-state index contributed by atoms with van der Waals surface area (Å²) in [5, 5.41) is 5.77. The van der Waals surface area contributed by atoms with Crippen molar-refractivity contribution in [3.05, 3.63) is 23.8 Å². The van der Waals surface area contributed by atoms with Gasteiger partial charge in [0, 0.05) is 37.5 Å². The maximum atomic E-state index is 12.3. The van der Waals surface area contributed by atoms with Gasteiger partial charge in [-0.1, -0.05) is 0 Å². The Balaban J connectivity index is 0.00000400. The monoisotopic (exact) mass is 331 g/mol.